The molecule has 0 saturated heterocycles. The van der Waals surface area contributed by atoms with Crippen molar-refractivity contribution in [2.45, 2.75) is 62.7 Å². The maximum atomic E-state index is 16.0. The first-order chi connectivity index (χ1) is 39.4. The lowest BCUT2D eigenvalue weighted by Gasteiger charge is -2.55. The smallest absolute Gasteiger partial charge is 0.207 e. The fourth-order valence-electron chi connectivity index (χ4n) is 14.9. The van der Waals surface area contributed by atoms with E-state index >= 15 is 10.2 Å². The molecule has 13 aromatic rings. The number of fused-ring (bicyclic) bond motifs is 21. The van der Waals surface area contributed by atoms with Crippen molar-refractivity contribution < 1.29 is 19.0 Å². The van der Waals surface area contributed by atoms with E-state index in [1.807, 2.05) is 83.8 Å². The normalized spacial score (nSPS) is 17.4. The Morgan fingerprint density at radius 2 is 0.988 bits per heavy atom. The Labute approximate surface area is 470 Å². The van der Waals surface area contributed by atoms with Crippen LogP contribution < -0.4 is 4.90 Å². The minimum absolute atomic E-state index is 0.135. The number of hydrogen-bond acceptors (Lipinski definition) is 5. The van der Waals surface area contributed by atoms with Crippen LogP contribution in [0.2, 0.25) is 0 Å². The molecule has 0 radical (unpaired) electrons. The molecular weight excluding hydrogens is 991 g/mol. The Balaban J connectivity index is 1.12. The first kappa shape index (κ1) is 47.7. The monoisotopic (exact) mass is 1050 g/mol. The summed E-state index contributed by atoms with van der Waals surface area (Å²) in [6.45, 7) is 11.1. The van der Waals surface area contributed by atoms with E-state index in [9.17, 15) is 0 Å². The van der Waals surface area contributed by atoms with Gasteiger partial charge in [-0.25, -0.2) is 0 Å². The molecule has 0 fully saturated rings. The van der Waals surface area contributed by atoms with Crippen molar-refractivity contribution in [1.82, 2.24) is 0 Å². The molecule has 1 spiro atoms. The lowest BCUT2D eigenvalue weighted by molar-refractivity contribution is -0.136. The van der Waals surface area contributed by atoms with Crippen LogP contribution in [-0.2, 0) is 22.2 Å². The molecule has 0 aliphatic heterocycles. The molecule has 0 amide bonds. The van der Waals surface area contributed by atoms with E-state index in [4.69, 9.17) is 8.83 Å². The van der Waals surface area contributed by atoms with Crippen molar-refractivity contribution in [3.8, 4) is 44.5 Å². The lowest BCUT2D eigenvalue weighted by atomic mass is 9.63. The molecule has 2 aromatic heterocycles. The van der Waals surface area contributed by atoms with Crippen LogP contribution in [0.5, 0.6) is 0 Å². The molecule has 390 valence electrons. The maximum Gasteiger partial charge on any atom is 0.207 e. The fourth-order valence-corrected chi connectivity index (χ4v) is 14.9. The topological polar surface area (TPSA) is 70.0 Å². The Morgan fingerprint density at radius 1 is 0.420 bits per heavy atom. The van der Waals surface area contributed by atoms with Gasteiger partial charge < -0.3 is 23.9 Å². The summed E-state index contributed by atoms with van der Waals surface area (Å²) in [5, 5.41) is 35.2. The highest BCUT2D eigenvalue weighted by molar-refractivity contribution is 6.23. The molecule has 2 atom stereocenters. The fraction of sp³-hybridized carbons (Fsp3) is 0.132. The molecule has 0 saturated carbocycles. The van der Waals surface area contributed by atoms with Crippen LogP contribution in [-0.4, -0.2) is 10.2 Å². The minimum atomic E-state index is -2.36. The highest BCUT2D eigenvalue weighted by Crippen LogP contribution is 2.67. The summed E-state index contributed by atoms with van der Waals surface area (Å²) < 4.78 is 14.7. The quantitative estimate of drug-likeness (QED) is 0.162. The van der Waals surface area contributed by atoms with Gasteiger partial charge in [0.25, 0.3) is 0 Å². The molecule has 0 bridgehead atoms. The molecule has 5 heteroatoms. The highest BCUT2D eigenvalue weighted by Gasteiger charge is 2.63. The largest absolute Gasteiger partial charge is 0.455 e. The van der Waals surface area contributed by atoms with Gasteiger partial charge in [0.15, 0.2) is 5.60 Å². The summed E-state index contributed by atoms with van der Waals surface area (Å²) in [6.07, 6.45) is 0. The summed E-state index contributed by atoms with van der Waals surface area (Å²) in [4.78, 5) is 2.04. The van der Waals surface area contributed by atoms with E-state index in [1.54, 1.807) is 0 Å². The molecular formula is C76H57NO4. The Morgan fingerprint density at radius 3 is 1.63 bits per heavy atom. The van der Waals surface area contributed by atoms with Gasteiger partial charge in [0.1, 0.15) is 22.3 Å². The van der Waals surface area contributed by atoms with Gasteiger partial charge in [-0.3, -0.25) is 0 Å². The van der Waals surface area contributed by atoms with Crippen LogP contribution in [0.4, 0.5) is 11.4 Å². The predicted molar refractivity (Wildman–Crippen MR) is 329 cm³/mol. The van der Waals surface area contributed by atoms with E-state index in [1.165, 1.54) is 33.4 Å². The van der Waals surface area contributed by atoms with Crippen molar-refractivity contribution in [1.29, 1.82) is 0 Å². The summed E-state index contributed by atoms with van der Waals surface area (Å²) >= 11 is 0. The van der Waals surface area contributed by atoms with Crippen LogP contribution in [0.1, 0.15) is 90.6 Å². The van der Waals surface area contributed by atoms with Crippen molar-refractivity contribution in [3.63, 3.8) is 0 Å². The van der Waals surface area contributed by atoms with E-state index in [0.29, 0.717) is 44.8 Å². The van der Waals surface area contributed by atoms with Crippen molar-refractivity contribution >= 4 is 55.3 Å². The third-order valence-electron chi connectivity index (χ3n) is 18.3. The second-order valence-corrected chi connectivity index (χ2v) is 23.8. The number of hydrogen-bond donors (Lipinski definition) is 2. The summed E-state index contributed by atoms with van der Waals surface area (Å²) in [7, 11) is 0. The van der Waals surface area contributed by atoms with Gasteiger partial charge in [-0.2, -0.15) is 0 Å². The highest BCUT2D eigenvalue weighted by atomic mass is 16.4. The predicted octanol–water partition coefficient (Wildman–Crippen LogP) is 18.8. The summed E-state index contributed by atoms with van der Waals surface area (Å²) in [6, 6.07) is 82.5. The number of aliphatic hydroxyl groups is 2. The maximum absolute atomic E-state index is 16.0. The molecule has 2 unspecified atom stereocenters. The second-order valence-electron chi connectivity index (χ2n) is 23.8. The zero-order valence-corrected chi connectivity index (χ0v) is 45.8. The van der Waals surface area contributed by atoms with Crippen LogP contribution in [0.25, 0.3) is 88.4 Å². The first-order valence-electron chi connectivity index (χ1n) is 28.3. The van der Waals surface area contributed by atoms with Gasteiger partial charge in [-0.15, -0.1) is 0 Å². The second kappa shape index (κ2) is 16.9. The van der Waals surface area contributed by atoms with E-state index < -0.39 is 22.2 Å². The van der Waals surface area contributed by atoms with Crippen LogP contribution in [0.15, 0.2) is 245 Å². The number of furan rings is 2. The van der Waals surface area contributed by atoms with Gasteiger partial charge in [-0.05, 0) is 114 Å². The van der Waals surface area contributed by atoms with Gasteiger partial charge in [0, 0.05) is 60.7 Å². The number of rotatable bonds is 6. The number of benzene rings is 11. The van der Waals surface area contributed by atoms with Crippen LogP contribution >= 0.6 is 0 Å². The average molecular weight is 1050 g/mol. The van der Waals surface area contributed by atoms with Crippen LogP contribution in [0.3, 0.4) is 0 Å². The lowest BCUT2D eigenvalue weighted by Crippen LogP contribution is -2.61. The zero-order chi connectivity index (χ0) is 54.7. The molecule has 3 aliphatic carbocycles. The zero-order valence-electron chi connectivity index (χ0n) is 45.8. The molecule has 2 heterocycles. The molecule has 11 aromatic carbocycles. The molecule has 5 nitrogen and oxygen atoms in total. The van der Waals surface area contributed by atoms with E-state index in [2.05, 4.69) is 192 Å². The van der Waals surface area contributed by atoms with Gasteiger partial charge in [0.2, 0.25) is 5.72 Å². The number of para-hydroxylation sites is 3. The number of anilines is 2. The Hall–Kier alpha value is -9.26. The molecule has 2 N–H and O–H groups in total. The molecule has 3 aliphatic rings. The number of nitrogens with zero attached hydrogens (tertiary/aromatic N) is 1. The summed E-state index contributed by atoms with van der Waals surface area (Å²) in [5.41, 5.74) is 14.6. The third kappa shape index (κ3) is 6.17. The first-order valence-corrected chi connectivity index (χ1v) is 28.3. The van der Waals surface area contributed by atoms with E-state index in [0.717, 1.165) is 71.7 Å². The van der Waals surface area contributed by atoms with Gasteiger partial charge in [-0.1, -0.05) is 235 Å². The van der Waals surface area contributed by atoms with E-state index in [-0.39, 0.29) is 5.92 Å². The van der Waals surface area contributed by atoms with Gasteiger partial charge >= 0.3 is 0 Å². The molecule has 16 rings (SSSR count). The van der Waals surface area contributed by atoms with Crippen molar-refractivity contribution in [2.24, 2.45) is 0 Å². The molecule has 81 heavy (non-hydrogen) atoms. The standard InChI is InChI=1S/C76H57NO4/c1-45(2)50-34-23-35-56-67-68-64(43-57(71(67)81-70(50)56)46-24-9-6-10-25-46)76(79,75(78,47-26-11-7-12-27-47)63-44-62(73(3,4)5)66-55-33-18-22-39-65(55)80-72(66)69(63)68)77(48-28-13-8-14-29-48)49-40-41-54-53-32-17-21-38-60(53)74(61(54)42-49)58-36-19-15-30-51(58)52-31-16-20-37-59(52)74/h6-45,78-79H,1-5H3. The van der Waals surface area contributed by atoms with Crippen LogP contribution in [0, 0.1) is 0 Å². The summed E-state index contributed by atoms with van der Waals surface area (Å²) in [5.74, 6) is 0.135. The third-order valence-corrected chi connectivity index (χ3v) is 18.3. The van der Waals surface area contributed by atoms with Gasteiger partial charge in [0.05, 0.1) is 5.41 Å². The van der Waals surface area contributed by atoms with Crippen molar-refractivity contribution in [2.75, 3.05) is 4.90 Å². The Kier molecular flexibility index (Phi) is 9.95. The Bertz CT molecular complexity index is 4690. The average Bonchev–Trinajstić information content (AvgIpc) is 2.80. The SMILES string of the molecule is CC(C)c1cccc2c1oc1c(-c3ccccc3)cc3c(c12)-c1c(cc(C(C)(C)C)c2c1oc1ccccc12)C(O)(c1ccccc1)C3(O)N(c1ccccc1)c1ccc2c(c1)C1(c3ccccc3-c3ccccc31)c1ccccc1-2. The van der Waals surface area contributed by atoms with Crippen molar-refractivity contribution in [3.05, 3.63) is 287 Å². The minimum Gasteiger partial charge on any atom is -0.455 e.